The van der Waals surface area contributed by atoms with Gasteiger partial charge in [0.15, 0.2) is 5.11 Å². The smallest absolute Gasteiger partial charge is 0.292 e. The van der Waals surface area contributed by atoms with Crippen molar-refractivity contribution in [3.05, 3.63) is 62.6 Å². The van der Waals surface area contributed by atoms with Crippen LogP contribution in [0.4, 0.5) is 11.4 Å². The normalized spacial score (nSPS) is 10.0. The molecule has 2 N–H and O–H groups in total. The van der Waals surface area contributed by atoms with Gasteiger partial charge in [-0.1, -0.05) is 12.1 Å². The first kappa shape index (κ1) is 18.8. The molecule has 0 bridgehead atoms. The Bertz CT molecular complexity index is 829. The minimum absolute atomic E-state index is 0.0377. The maximum atomic E-state index is 12.3. The lowest BCUT2D eigenvalue weighted by molar-refractivity contribution is -0.383. The number of anilines is 1. The second kappa shape index (κ2) is 8.54. The van der Waals surface area contributed by atoms with Gasteiger partial charge in [0.1, 0.15) is 11.4 Å². The van der Waals surface area contributed by atoms with Crippen molar-refractivity contribution in [2.75, 3.05) is 11.9 Å². The number of carbonyl (C=O) groups excluding carboxylic acids is 1. The molecule has 0 atom stereocenters. The Balaban J connectivity index is 2.07. The third-order valence-electron chi connectivity index (χ3n) is 3.07. The quantitative estimate of drug-likeness (QED) is 0.430. The highest BCUT2D eigenvalue weighted by Crippen LogP contribution is 2.26. The fourth-order valence-corrected chi connectivity index (χ4v) is 2.68. The molecule has 2 aromatic carbocycles. The molecule has 0 radical (unpaired) electrons. The largest absolute Gasteiger partial charge is 0.493 e. The fraction of sp³-hybridized carbons (Fsp3) is 0.125. The number of amides is 1. The van der Waals surface area contributed by atoms with E-state index in [4.69, 9.17) is 17.0 Å². The first-order valence-electron chi connectivity index (χ1n) is 7.20. The highest BCUT2D eigenvalue weighted by Gasteiger charge is 2.15. The van der Waals surface area contributed by atoms with E-state index in [1.807, 2.05) is 6.92 Å². The molecule has 130 valence electrons. The number of benzene rings is 2. The molecule has 0 saturated carbocycles. The van der Waals surface area contributed by atoms with E-state index in [0.717, 1.165) is 0 Å². The van der Waals surface area contributed by atoms with Crippen molar-refractivity contribution < 1.29 is 14.5 Å². The lowest BCUT2D eigenvalue weighted by Gasteiger charge is -2.11. The molecule has 0 aliphatic rings. The Morgan fingerprint density at radius 2 is 2.04 bits per heavy atom. The minimum atomic E-state index is -0.531. The van der Waals surface area contributed by atoms with Crippen LogP contribution in [0.25, 0.3) is 0 Å². The second-order valence-electron chi connectivity index (χ2n) is 4.76. The zero-order valence-corrected chi connectivity index (χ0v) is 15.5. The number of nitro benzene ring substituents is 1. The number of rotatable bonds is 5. The molecule has 0 saturated heterocycles. The number of halogens is 1. The summed E-state index contributed by atoms with van der Waals surface area (Å²) in [5.41, 5.74) is 0.427. The number of nitrogens with one attached hydrogen (secondary N) is 2. The van der Waals surface area contributed by atoms with Gasteiger partial charge in [-0.2, -0.15) is 0 Å². The number of hydrogen-bond acceptors (Lipinski definition) is 5. The first-order valence-corrected chi connectivity index (χ1v) is 8.40. The number of hydrogen-bond donors (Lipinski definition) is 2. The standard InChI is InChI=1S/C16H14BrN3O4S/c1-2-24-14-8-7-10(9-11(14)17)15(21)19-16(25)18-12-5-3-4-6-13(12)20(22)23/h3-9H,2H2,1H3,(H2,18,19,21,25). The molecule has 9 heteroatoms. The van der Waals surface area contributed by atoms with Crippen molar-refractivity contribution in [1.82, 2.24) is 5.32 Å². The van der Waals surface area contributed by atoms with Crippen LogP contribution < -0.4 is 15.4 Å². The summed E-state index contributed by atoms with van der Waals surface area (Å²) >= 11 is 8.39. The van der Waals surface area contributed by atoms with E-state index in [-0.39, 0.29) is 16.5 Å². The SMILES string of the molecule is CCOc1ccc(C(=O)NC(=S)Nc2ccccc2[N+](=O)[O-])cc1Br. The summed E-state index contributed by atoms with van der Waals surface area (Å²) in [4.78, 5) is 22.7. The maximum absolute atomic E-state index is 12.3. The number of ether oxygens (including phenoxy) is 1. The summed E-state index contributed by atoms with van der Waals surface area (Å²) in [6, 6.07) is 10.9. The first-order chi connectivity index (χ1) is 11.9. The molecule has 25 heavy (non-hydrogen) atoms. The Morgan fingerprint density at radius 1 is 1.32 bits per heavy atom. The van der Waals surface area contributed by atoms with Gasteiger partial charge in [0, 0.05) is 11.6 Å². The third kappa shape index (κ3) is 4.97. The summed E-state index contributed by atoms with van der Waals surface area (Å²) in [6.45, 7) is 2.37. The zero-order valence-electron chi connectivity index (χ0n) is 13.1. The second-order valence-corrected chi connectivity index (χ2v) is 6.02. The highest BCUT2D eigenvalue weighted by atomic mass is 79.9. The van der Waals surface area contributed by atoms with Crippen LogP contribution >= 0.6 is 28.1 Å². The molecule has 7 nitrogen and oxygen atoms in total. The summed E-state index contributed by atoms with van der Waals surface area (Å²) in [6.07, 6.45) is 0. The molecule has 1 amide bonds. The molecule has 0 aliphatic heterocycles. The van der Waals surface area contributed by atoms with Crippen LogP contribution in [0.1, 0.15) is 17.3 Å². The highest BCUT2D eigenvalue weighted by molar-refractivity contribution is 9.10. The number of nitro groups is 1. The summed E-state index contributed by atoms with van der Waals surface area (Å²) in [5.74, 6) is 0.180. The van der Waals surface area contributed by atoms with Gasteiger partial charge in [-0.25, -0.2) is 0 Å². The molecule has 0 unspecified atom stereocenters. The van der Waals surface area contributed by atoms with Crippen LogP contribution in [0.3, 0.4) is 0 Å². The molecule has 0 aromatic heterocycles. The van der Waals surface area contributed by atoms with E-state index in [1.54, 1.807) is 30.3 Å². The van der Waals surface area contributed by atoms with Crippen LogP contribution in [0.5, 0.6) is 5.75 Å². The Kier molecular flexibility index (Phi) is 6.43. The van der Waals surface area contributed by atoms with Crippen LogP contribution in [0.2, 0.25) is 0 Å². The van der Waals surface area contributed by atoms with Gasteiger partial charge in [-0.15, -0.1) is 0 Å². The topological polar surface area (TPSA) is 93.5 Å². The third-order valence-corrected chi connectivity index (χ3v) is 3.89. The summed E-state index contributed by atoms with van der Waals surface area (Å²) in [5, 5.41) is 16.1. The Morgan fingerprint density at radius 3 is 2.68 bits per heavy atom. The number of thiocarbonyl (C=S) groups is 1. The van der Waals surface area contributed by atoms with Gasteiger partial charge >= 0.3 is 0 Å². The monoisotopic (exact) mass is 423 g/mol. The van der Waals surface area contributed by atoms with E-state index in [2.05, 4.69) is 26.6 Å². The lowest BCUT2D eigenvalue weighted by atomic mass is 10.2. The van der Waals surface area contributed by atoms with Crippen LogP contribution in [-0.4, -0.2) is 22.5 Å². The molecule has 0 aliphatic carbocycles. The molecular weight excluding hydrogens is 410 g/mol. The van der Waals surface area contributed by atoms with Crippen LogP contribution in [0.15, 0.2) is 46.9 Å². The summed E-state index contributed by atoms with van der Waals surface area (Å²) in [7, 11) is 0. The molecule has 0 fully saturated rings. The average Bonchev–Trinajstić information content (AvgIpc) is 2.57. The van der Waals surface area contributed by atoms with Crippen molar-refractivity contribution in [1.29, 1.82) is 0 Å². The van der Waals surface area contributed by atoms with E-state index < -0.39 is 10.8 Å². The molecule has 0 spiro atoms. The molecule has 2 rings (SSSR count). The van der Waals surface area contributed by atoms with Crippen molar-refractivity contribution in [3.8, 4) is 5.75 Å². The molecule has 0 heterocycles. The summed E-state index contributed by atoms with van der Waals surface area (Å²) < 4.78 is 6.03. The van der Waals surface area contributed by atoms with E-state index in [1.165, 1.54) is 12.1 Å². The van der Waals surface area contributed by atoms with Gasteiger partial charge in [0.05, 0.1) is 16.0 Å². The average molecular weight is 424 g/mol. The molecule has 2 aromatic rings. The van der Waals surface area contributed by atoms with Crippen molar-refractivity contribution >= 4 is 50.5 Å². The van der Waals surface area contributed by atoms with Crippen molar-refractivity contribution in [2.24, 2.45) is 0 Å². The van der Waals surface area contributed by atoms with Gasteiger partial charge in [0.2, 0.25) is 0 Å². The molecular formula is C16H14BrN3O4S. The van der Waals surface area contributed by atoms with Crippen LogP contribution in [-0.2, 0) is 0 Å². The van der Waals surface area contributed by atoms with Gasteiger partial charge in [-0.3, -0.25) is 20.2 Å². The van der Waals surface area contributed by atoms with Gasteiger partial charge < -0.3 is 10.1 Å². The fourth-order valence-electron chi connectivity index (χ4n) is 1.98. The number of nitrogens with zero attached hydrogens (tertiary/aromatic N) is 1. The Labute approximate surface area is 157 Å². The van der Waals surface area contributed by atoms with Crippen molar-refractivity contribution in [2.45, 2.75) is 6.92 Å². The van der Waals surface area contributed by atoms with E-state index in [0.29, 0.717) is 22.4 Å². The van der Waals surface area contributed by atoms with Crippen molar-refractivity contribution in [3.63, 3.8) is 0 Å². The van der Waals surface area contributed by atoms with E-state index >= 15 is 0 Å². The minimum Gasteiger partial charge on any atom is -0.493 e. The number of para-hydroxylation sites is 2. The number of carbonyl (C=O) groups is 1. The van der Waals surface area contributed by atoms with Crippen LogP contribution in [0, 0.1) is 10.1 Å². The lowest BCUT2D eigenvalue weighted by Crippen LogP contribution is -2.34. The predicted molar refractivity (Wildman–Crippen MR) is 102 cm³/mol. The van der Waals surface area contributed by atoms with Gasteiger partial charge in [0.25, 0.3) is 11.6 Å². The van der Waals surface area contributed by atoms with Gasteiger partial charge in [-0.05, 0) is 59.3 Å². The Hall–Kier alpha value is -2.52. The predicted octanol–water partition coefficient (Wildman–Crippen LogP) is 3.88. The maximum Gasteiger partial charge on any atom is 0.292 e. The zero-order chi connectivity index (χ0) is 18.4. The van der Waals surface area contributed by atoms with E-state index in [9.17, 15) is 14.9 Å².